The standard InChI is InChI=1S/C13H18BrNO3/c1-2-8-12(10(16)7-15)9(14)6-11-13(8)18-5-3-4-17-11/h6,10,16H,2-5,7,15H2,1H3. The maximum Gasteiger partial charge on any atom is 0.164 e. The van der Waals surface area contributed by atoms with E-state index in [0.717, 1.165) is 39.9 Å². The van der Waals surface area contributed by atoms with E-state index in [1.54, 1.807) is 0 Å². The normalized spacial score (nSPS) is 16.2. The highest BCUT2D eigenvalue weighted by Gasteiger charge is 2.23. The summed E-state index contributed by atoms with van der Waals surface area (Å²) in [5.74, 6) is 1.49. The van der Waals surface area contributed by atoms with Gasteiger partial charge in [-0.1, -0.05) is 22.9 Å². The van der Waals surface area contributed by atoms with E-state index in [-0.39, 0.29) is 6.54 Å². The summed E-state index contributed by atoms with van der Waals surface area (Å²) >= 11 is 3.48. The molecule has 1 aromatic carbocycles. The van der Waals surface area contributed by atoms with E-state index in [1.807, 2.05) is 13.0 Å². The molecule has 0 saturated carbocycles. The Morgan fingerprint density at radius 2 is 2.17 bits per heavy atom. The Bertz CT molecular complexity index is 437. The molecule has 1 heterocycles. The van der Waals surface area contributed by atoms with Crippen LogP contribution in [0.2, 0.25) is 0 Å². The zero-order chi connectivity index (χ0) is 13.1. The molecule has 1 unspecified atom stereocenters. The molecule has 0 fully saturated rings. The number of nitrogens with two attached hydrogens (primary N) is 1. The summed E-state index contributed by atoms with van der Waals surface area (Å²) in [6.45, 7) is 3.51. The van der Waals surface area contributed by atoms with E-state index in [1.165, 1.54) is 0 Å². The van der Waals surface area contributed by atoms with Crippen molar-refractivity contribution < 1.29 is 14.6 Å². The average Bonchev–Trinajstić information content (AvgIpc) is 2.61. The fourth-order valence-corrected chi connectivity index (χ4v) is 2.89. The zero-order valence-corrected chi connectivity index (χ0v) is 12.0. The van der Waals surface area contributed by atoms with Gasteiger partial charge in [-0.15, -0.1) is 0 Å². The largest absolute Gasteiger partial charge is 0.490 e. The van der Waals surface area contributed by atoms with Crippen molar-refractivity contribution >= 4 is 15.9 Å². The third-order valence-corrected chi connectivity index (χ3v) is 3.70. The highest BCUT2D eigenvalue weighted by Crippen LogP contribution is 2.42. The van der Waals surface area contributed by atoms with Crippen molar-refractivity contribution in [1.29, 1.82) is 0 Å². The van der Waals surface area contributed by atoms with Crippen LogP contribution >= 0.6 is 15.9 Å². The van der Waals surface area contributed by atoms with Crippen molar-refractivity contribution in [3.05, 3.63) is 21.7 Å². The first-order chi connectivity index (χ1) is 8.69. The van der Waals surface area contributed by atoms with Crippen LogP contribution in [0.5, 0.6) is 11.5 Å². The molecule has 2 rings (SSSR count). The number of aliphatic hydroxyl groups is 1. The van der Waals surface area contributed by atoms with E-state index >= 15 is 0 Å². The maximum atomic E-state index is 10.0. The topological polar surface area (TPSA) is 64.7 Å². The molecule has 0 saturated heterocycles. The smallest absolute Gasteiger partial charge is 0.164 e. The highest BCUT2D eigenvalue weighted by molar-refractivity contribution is 9.10. The molecule has 0 bridgehead atoms. The molecule has 1 atom stereocenters. The Morgan fingerprint density at radius 3 is 2.83 bits per heavy atom. The molecule has 5 heteroatoms. The predicted octanol–water partition coefficient (Wildman–Crippen LogP) is 2.16. The number of hydrogen-bond acceptors (Lipinski definition) is 4. The minimum absolute atomic E-state index is 0.186. The van der Waals surface area contributed by atoms with Crippen molar-refractivity contribution in [3.8, 4) is 11.5 Å². The minimum atomic E-state index is -0.688. The van der Waals surface area contributed by atoms with Crippen molar-refractivity contribution in [1.82, 2.24) is 0 Å². The second kappa shape index (κ2) is 5.91. The zero-order valence-electron chi connectivity index (χ0n) is 10.4. The second-order valence-electron chi connectivity index (χ2n) is 4.23. The highest BCUT2D eigenvalue weighted by atomic mass is 79.9. The lowest BCUT2D eigenvalue weighted by Crippen LogP contribution is -2.15. The monoisotopic (exact) mass is 315 g/mol. The minimum Gasteiger partial charge on any atom is -0.490 e. The quantitative estimate of drug-likeness (QED) is 0.897. The molecular weight excluding hydrogens is 298 g/mol. The van der Waals surface area contributed by atoms with Gasteiger partial charge in [0, 0.05) is 28.6 Å². The summed E-state index contributed by atoms with van der Waals surface area (Å²) in [5, 5.41) is 10.0. The maximum absolute atomic E-state index is 10.0. The Kier molecular flexibility index (Phi) is 4.48. The van der Waals surface area contributed by atoms with Crippen LogP contribution in [0.1, 0.15) is 30.6 Å². The van der Waals surface area contributed by atoms with Gasteiger partial charge < -0.3 is 20.3 Å². The van der Waals surface area contributed by atoms with Gasteiger partial charge >= 0.3 is 0 Å². The summed E-state index contributed by atoms with van der Waals surface area (Å²) in [7, 11) is 0. The Labute approximate surface area is 115 Å². The summed E-state index contributed by atoms with van der Waals surface area (Å²) in [6.07, 6.45) is 0.938. The van der Waals surface area contributed by atoms with Crippen molar-refractivity contribution in [2.45, 2.75) is 25.9 Å². The molecule has 3 N–H and O–H groups in total. The molecule has 1 aliphatic heterocycles. The molecular formula is C13H18BrNO3. The van der Waals surface area contributed by atoms with E-state index in [4.69, 9.17) is 15.2 Å². The molecule has 0 radical (unpaired) electrons. The van der Waals surface area contributed by atoms with Crippen LogP contribution in [-0.4, -0.2) is 24.9 Å². The molecule has 0 spiro atoms. The molecule has 1 aromatic rings. The third kappa shape index (κ3) is 2.48. The SMILES string of the molecule is CCc1c2c(cc(Br)c1C(O)CN)OCCCO2. The number of hydrogen-bond donors (Lipinski definition) is 2. The van der Waals surface area contributed by atoms with E-state index in [0.29, 0.717) is 13.2 Å². The van der Waals surface area contributed by atoms with Crippen LogP contribution in [0, 0.1) is 0 Å². The van der Waals surface area contributed by atoms with Gasteiger partial charge in [0.1, 0.15) is 0 Å². The van der Waals surface area contributed by atoms with Crippen LogP contribution in [0.25, 0.3) is 0 Å². The lowest BCUT2D eigenvalue weighted by Gasteiger charge is -2.20. The second-order valence-corrected chi connectivity index (χ2v) is 5.09. The number of halogens is 1. The van der Waals surface area contributed by atoms with Gasteiger partial charge in [-0.05, 0) is 12.5 Å². The summed E-state index contributed by atoms with van der Waals surface area (Å²) in [6, 6.07) is 1.86. The van der Waals surface area contributed by atoms with Crippen LogP contribution in [-0.2, 0) is 6.42 Å². The van der Waals surface area contributed by atoms with Crippen LogP contribution < -0.4 is 15.2 Å². The van der Waals surface area contributed by atoms with E-state index in [2.05, 4.69) is 15.9 Å². The van der Waals surface area contributed by atoms with Gasteiger partial charge in [-0.3, -0.25) is 0 Å². The first-order valence-corrected chi connectivity index (χ1v) is 6.97. The fraction of sp³-hybridized carbons (Fsp3) is 0.538. The van der Waals surface area contributed by atoms with Gasteiger partial charge in [-0.25, -0.2) is 0 Å². The predicted molar refractivity (Wildman–Crippen MR) is 73.1 cm³/mol. The Hall–Kier alpha value is -0.780. The number of aliphatic hydroxyl groups excluding tert-OH is 1. The number of benzene rings is 1. The Morgan fingerprint density at radius 1 is 1.44 bits per heavy atom. The first-order valence-electron chi connectivity index (χ1n) is 6.18. The van der Waals surface area contributed by atoms with Gasteiger partial charge in [0.05, 0.1) is 19.3 Å². The van der Waals surface area contributed by atoms with Crippen LogP contribution in [0.15, 0.2) is 10.5 Å². The van der Waals surface area contributed by atoms with Gasteiger partial charge in [0.2, 0.25) is 0 Å². The molecule has 0 aliphatic carbocycles. The molecule has 0 aromatic heterocycles. The number of rotatable bonds is 3. The summed E-state index contributed by atoms with van der Waals surface area (Å²) in [5.41, 5.74) is 7.34. The van der Waals surface area contributed by atoms with Gasteiger partial charge in [0.25, 0.3) is 0 Å². The van der Waals surface area contributed by atoms with Crippen molar-refractivity contribution in [2.24, 2.45) is 5.73 Å². The molecule has 18 heavy (non-hydrogen) atoms. The summed E-state index contributed by atoms with van der Waals surface area (Å²) in [4.78, 5) is 0. The van der Waals surface area contributed by atoms with Gasteiger partial charge in [-0.2, -0.15) is 0 Å². The first kappa shape index (κ1) is 13.6. The molecule has 1 aliphatic rings. The molecule has 4 nitrogen and oxygen atoms in total. The van der Waals surface area contributed by atoms with Crippen LogP contribution in [0.4, 0.5) is 0 Å². The van der Waals surface area contributed by atoms with Crippen molar-refractivity contribution in [3.63, 3.8) is 0 Å². The van der Waals surface area contributed by atoms with Gasteiger partial charge in [0.15, 0.2) is 11.5 Å². The summed E-state index contributed by atoms with van der Waals surface area (Å²) < 4.78 is 12.3. The Balaban J connectivity index is 2.57. The van der Waals surface area contributed by atoms with Crippen LogP contribution in [0.3, 0.4) is 0 Å². The number of ether oxygens (including phenoxy) is 2. The van der Waals surface area contributed by atoms with E-state index < -0.39 is 6.10 Å². The van der Waals surface area contributed by atoms with E-state index in [9.17, 15) is 5.11 Å². The average molecular weight is 316 g/mol. The van der Waals surface area contributed by atoms with Crippen molar-refractivity contribution in [2.75, 3.05) is 19.8 Å². The number of fused-ring (bicyclic) bond motifs is 1. The molecule has 100 valence electrons. The fourth-order valence-electron chi connectivity index (χ4n) is 2.18. The lowest BCUT2D eigenvalue weighted by molar-refractivity contribution is 0.184. The third-order valence-electron chi connectivity index (χ3n) is 3.04. The molecule has 0 amide bonds. The lowest BCUT2D eigenvalue weighted by atomic mass is 9.98.